The lowest BCUT2D eigenvalue weighted by molar-refractivity contribution is 0.0106. The number of phosphoric acid groups is 3. The summed E-state index contributed by atoms with van der Waals surface area (Å²) in [6, 6.07) is 0. The van der Waals surface area contributed by atoms with Gasteiger partial charge in [0.05, 0.1) is 24.3 Å². The number of rotatable bonds is 11. The van der Waals surface area contributed by atoms with Gasteiger partial charge in [0.15, 0.2) is 11.5 Å². The predicted octanol–water partition coefficient (Wildman–Crippen LogP) is 1.05. The Bertz CT molecular complexity index is 1170. The van der Waals surface area contributed by atoms with Crippen molar-refractivity contribution in [3.8, 4) is 0 Å². The van der Waals surface area contributed by atoms with Crippen molar-refractivity contribution in [2.45, 2.75) is 22.8 Å². The van der Waals surface area contributed by atoms with E-state index in [4.69, 9.17) is 10.3 Å². The minimum absolute atomic E-state index is 0.130. The van der Waals surface area contributed by atoms with Crippen molar-refractivity contribution in [2.24, 2.45) is 0 Å². The SMILES string of the molecule is COP(=O)(O)OP(=O)(OC)OP(=O)(OC)OC[C@H]1S[C@@H](n2cnc3c(N)ncnc32)[C@H](O)[C@@H]1O. The van der Waals surface area contributed by atoms with E-state index in [9.17, 15) is 28.8 Å². The molecule has 0 spiro atoms. The van der Waals surface area contributed by atoms with E-state index in [1.54, 1.807) is 0 Å². The van der Waals surface area contributed by atoms with Crippen LogP contribution in [0.15, 0.2) is 12.7 Å². The molecule has 7 atom stereocenters. The van der Waals surface area contributed by atoms with E-state index in [2.05, 4.69) is 37.1 Å². The zero-order chi connectivity index (χ0) is 25.3. The quantitative estimate of drug-likeness (QED) is 0.278. The highest BCUT2D eigenvalue weighted by molar-refractivity contribution is 8.00. The van der Waals surface area contributed by atoms with Crippen molar-refractivity contribution in [1.82, 2.24) is 19.5 Å². The number of anilines is 1. The molecule has 3 unspecified atom stereocenters. The molecular formula is C13H22N5O12P3S. The van der Waals surface area contributed by atoms with Crippen molar-refractivity contribution in [2.75, 3.05) is 33.7 Å². The number of nitrogens with zero attached hydrogens (tertiary/aromatic N) is 4. The summed E-state index contributed by atoms with van der Waals surface area (Å²) in [6.07, 6.45) is -0.125. The number of imidazole rings is 1. The molecule has 2 aromatic rings. The molecule has 0 amide bonds. The van der Waals surface area contributed by atoms with Crippen LogP contribution >= 0.6 is 35.2 Å². The van der Waals surface area contributed by atoms with E-state index in [0.29, 0.717) is 11.2 Å². The van der Waals surface area contributed by atoms with Crippen LogP contribution < -0.4 is 5.73 Å². The molecule has 1 saturated heterocycles. The Hall–Kier alpha value is -0.970. The van der Waals surface area contributed by atoms with E-state index in [1.807, 2.05) is 0 Å². The van der Waals surface area contributed by atoms with Gasteiger partial charge in [0, 0.05) is 21.3 Å². The monoisotopic (exact) mass is 565 g/mol. The van der Waals surface area contributed by atoms with Gasteiger partial charge in [-0.2, -0.15) is 8.62 Å². The molecule has 3 heterocycles. The first-order chi connectivity index (χ1) is 15.9. The third-order valence-electron chi connectivity index (χ3n) is 4.48. The summed E-state index contributed by atoms with van der Waals surface area (Å²) in [7, 11) is -12.1. The van der Waals surface area contributed by atoms with E-state index in [1.165, 1.54) is 17.2 Å². The van der Waals surface area contributed by atoms with Gasteiger partial charge in [-0.1, -0.05) is 0 Å². The topological polar surface area (TPSA) is 237 Å². The Morgan fingerprint density at radius 1 is 1.03 bits per heavy atom. The molecule has 17 nitrogen and oxygen atoms in total. The number of aliphatic hydroxyl groups excluding tert-OH is 2. The maximum atomic E-state index is 12.8. The summed E-state index contributed by atoms with van der Waals surface area (Å²) >= 11 is 1.02. The summed E-state index contributed by atoms with van der Waals surface area (Å²) in [4.78, 5) is 21.4. The number of aromatic nitrogens is 4. The molecule has 3 rings (SSSR count). The van der Waals surface area contributed by atoms with Crippen molar-refractivity contribution >= 4 is 52.2 Å². The van der Waals surface area contributed by atoms with Gasteiger partial charge in [-0.15, -0.1) is 11.8 Å². The van der Waals surface area contributed by atoms with Crippen molar-refractivity contribution < 1.29 is 55.5 Å². The highest BCUT2D eigenvalue weighted by atomic mass is 32.2. The number of thioether (sulfide) groups is 1. The smallest absolute Gasteiger partial charge is 0.389 e. The first-order valence-electron chi connectivity index (χ1n) is 9.09. The fraction of sp³-hybridized carbons (Fsp3) is 0.615. The highest BCUT2D eigenvalue weighted by Gasteiger charge is 2.48. The lowest BCUT2D eigenvalue weighted by Gasteiger charge is -2.23. The standard InChI is InChI=1S/C13H22N5O12P3S/c1-25-31(21,22)29-33(24,27-3)30-32(23,26-2)28-4-7-9(19)10(20)13(34-7)18-6-17-8-11(14)15-5-16-12(8)18/h5-7,9-10,13,19-20H,4H2,1-3H3,(H,21,22)(H2,14,15,16)/t7-,9-,10-,13-,32?,33?/m1/s1. The normalized spacial score (nSPS) is 28.4. The number of hydrogen-bond acceptors (Lipinski definition) is 16. The van der Waals surface area contributed by atoms with Crippen LogP contribution in [0.4, 0.5) is 5.82 Å². The van der Waals surface area contributed by atoms with Crippen molar-refractivity contribution in [3.63, 3.8) is 0 Å². The third-order valence-corrected chi connectivity index (χ3v) is 11.1. The van der Waals surface area contributed by atoms with Crippen LogP contribution in [-0.2, 0) is 40.4 Å². The van der Waals surface area contributed by atoms with Crippen molar-refractivity contribution in [3.05, 3.63) is 12.7 Å². The Morgan fingerprint density at radius 3 is 2.32 bits per heavy atom. The summed E-state index contributed by atoms with van der Waals surface area (Å²) in [5.74, 6) is 0.130. The molecule has 21 heteroatoms. The highest BCUT2D eigenvalue weighted by Crippen LogP contribution is 2.71. The molecule has 1 aliphatic heterocycles. The van der Waals surface area contributed by atoms with Crippen LogP contribution in [0.25, 0.3) is 11.2 Å². The lowest BCUT2D eigenvalue weighted by atomic mass is 10.1. The molecule has 5 N–H and O–H groups in total. The first kappa shape index (κ1) is 27.6. The lowest BCUT2D eigenvalue weighted by Crippen LogP contribution is -2.33. The molecule has 34 heavy (non-hydrogen) atoms. The van der Waals surface area contributed by atoms with E-state index in [0.717, 1.165) is 33.1 Å². The average molecular weight is 565 g/mol. The fourth-order valence-corrected chi connectivity index (χ4v) is 8.41. The second-order valence-electron chi connectivity index (χ2n) is 6.50. The zero-order valence-corrected chi connectivity index (χ0v) is 21.3. The zero-order valence-electron chi connectivity index (χ0n) is 17.8. The number of aliphatic hydroxyl groups is 2. The van der Waals surface area contributed by atoms with Gasteiger partial charge in [-0.05, 0) is 0 Å². The minimum Gasteiger partial charge on any atom is -0.389 e. The van der Waals surface area contributed by atoms with Gasteiger partial charge in [-0.25, -0.2) is 28.6 Å². The van der Waals surface area contributed by atoms with Crippen LogP contribution in [0, 0.1) is 0 Å². The average Bonchev–Trinajstić information content (AvgIpc) is 3.34. The number of nitrogens with two attached hydrogens (primary N) is 1. The number of fused-ring (bicyclic) bond motifs is 1. The van der Waals surface area contributed by atoms with Gasteiger partial charge < -0.3 is 20.8 Å². The molecule has 0 radical (unpaired) electrons. The molecular weight excluding hydrogens is 543 g/mol. The second kappa shape index (κ2) is 10.6. The molecule has 0 aromatic carbocycles. The van der Waals surface area contributed by atoms with Crippen LogP contribution in [0.2, 0.25) is 0 Å². The van der Waals surface area contributed by atoms with Crippen LogP contribution in [0.5, 0.6) is 0 Å². The molecule has 2 aromatic heterocycles. The molecule has 192 valence electrons. The molecule has 1 aliphatic rings. The predicted molar refractivity (Wildman–Crippen MR) is 116 cm³/mol. The van der Waals surface area contributed by atoms with Gasteiger partial charge in [-0.3, -0.25) is 22.7 Å². The minimum atomic E-state index is -4.96. The third kappa shape index (κ3) is 5.87. The van der Waals surface area contributed by atoms with Gasteiger partial charge in [0.2, 0.25) is 0 Å². The van der Waals surface area contributed by atoms with Gasteiger partial charge in [0.1, 0.15) is 23.3 Å². The maximum Gasteiger partial charge on any atom is 0.492 e. The number of nitrogen functional groups attached to an aromatic ring is 1. The van der Waals surface area contributed by atoms with Crippen molar-refractivity contribution in [1.29, 1.82) is 0 Å². The van der Waals surface area contributed by atoms with Crippen LogP contribution in [-0.4, -0.2) is 80.0 Å². The molecule has 1 fully saturated rings. The van der Waals surface area contributed by atoms with E-state index >= 15 is 0 Å². The summed E-state index contributed by atoms with van der Waals surface area (Å²) in [6.45, 7) is -0.543. The molecule has 0 aliphatic carbocycles. The Labute approximate surface area is 196 Å². The number of hydrogen-bond donors (Lipinski definition) is 4. The first-order valence-corrected chi connectivity index (χ1v) is 14.5. The molecule has 0 bridgehead atoms. The van der Waals surface area contributed by atoms with Crippen LogP contribution in [0.1, 0.15) is 5.37 Å². The fourth-order valence-electron chi connectivity index (χ4n) is 2.79. The summed E-state index contributed by atoms with van der Waals surface area (Å²) < 4.78 is 65.6. The van der Waals surface area contributed by atoms with E-state index < -0.39 is 52.9 Å². The Morgan fingerprint density at radius 2 is 1.71 bits per heavy atom. The summed E-state index contributed by atoms with van der Waals surface area (Å²) in [5, 5.41) is 19.4. The Kier molecular flexibility index (Phi) is 8.58. The second-order valence-corrected chi connectivity index (χ2v) is 13.2. The maximum absolute atomic E-state index is 12.8. The van der Waals surface area contributed by atoms with Crippen LogP contribution in [0.3, 0.4) is 0 Å². The summed E-state index contributed by atoms with van der Waals surface area (Å²) in [5.41, 5.74) is 6.38. The van der Waals surface area contributed by atoms with Gasteiger partial charge in [0.25, 0.3) is 0 Å². The van der Waals surface area contributed by atoms with Gasteiger partial charge >= 0.3 is 23.5 Å². The van der Waals surface area contributed by atoms with E-state index in [-0.39, 0.29) is 5.82 Å². The number of phosphoric ester groups is 2. The Balaban J connectivity index is 1.73. The molecule has 0 saturated carbocycles. The largest absolute Gasteiger partial charge is 0.492 e.